The van der Waals surface area contributed by atoms with Gasteiger partial charge in [-0.3, -0.25) is 0 Å². The van der Waals surface area contributed by atoms with Gasteiger partial charge in [0.15, 0.2) is 17.4 Å². The van der Waals surface area contributed by atoms with E-state index in [0.29, 0.717) is 35.8 Å². The molecule has 1 aliphatic heterocycles. The zero-order chi connectivity index (χ0) is 26.0. The van der Waals surface area contributed by atoms with Crippen molar-refractivity contribution in [3.05, 3.63) is 47.8 Å². The number of piperidine rings is 1. The Morgan fingerprint density at radius 1 is 1.31 bits per heavy atom. The molecule has 0 bridgehead atoms. The minimum Gasteiger partial charge on any atom is -0.476 e. The minimum atomic E-state index is -1.14. The summed E-state index contributed by atoms with van der Waals surface area (Å²) in [5.41, 5.74) is 0.739. The molecule has 1 fully saturated rings. The Hall–Kier alpha value is -3.20. The molecule has 35 heavy (non-hydrogen) atoms. The summed E-state index contributed by atoms with van der Waals surface area (Å²) in [6.07, 6.45) is 6.58. The smallest absolute Gasteiger partial charge is 0.356 e. The molecule has 0 radical (unpaired) electrons. The van der Waals surface area contributed by atoms with Crippen molar-refractivity contribution in [2.24, 2.45) is 5.41 Å². The van der Waals surface area contributed by atoms with Crippen LogP contribution in [0.15, 0.2) is 30.9 Å². The highest BCUT2D eigenvalue weighted by Gasteiger charge is 2.37. The van der Waals surface area contributed by atoms with E-state index in [0.717, 1.165) is 12.8 Å². The van der Waals surface area contributed by atoms with E-state index in [1.165, 1.54) is 10.6 Å². The molecule has 0 unspecified atom stereocenters. The number of esters is 1. The monoisotopic (exact) mass is 484 g/mol. The van der Waals surface area contributed by atoms with Crippen molar-refractivity contribution in [1.82, 2.24) is 14.6 Å². The van der Waals surface area contributed by atoms with Gasteiger partial charge >= 0.3 is 11.9 Å². The summed E-state index contributed by atoms with van der Waals surface area (Å²) < 4.78 is 13.1. The quantitative estimate of drug-likeness (QED) is 0.431. The van der Waals surface area contributed by atoms with Gasteiger partial charge < -0.3 is 19.5 Å². The number of aromatic nitrogens is 3. The lowest BCUT2D eigenvalue weighted by Gasteiger charge is -2.40. The number of aryl methyl sites for hydroxylation is 1. The lowest BCUT2D eigenvalue weighted by Crippen LogP contribution is -2.40. The number of carboxylic acids is 1. The fourth-order valence-electron chi connectivity index (χ4n) is 4.32. The third kappa shape index (κ3) is 5.90. The van der Waals surface area contributed by atoms with Crippen molar-refractivity contribution < 1.29 is 24.2 Å². The Bertz CT molecular complexity index is 1140. The molecule has 0 saturated carbocycles. The van der Waals surface area contributed by atoms with Crippen molar-refractivity contribution in [3.8, 4) is 0 Å². The van der Waals surface area contributed by atoms with Crippen molar-refractivity contribution in [2.45, 2.75) is 66.1 Å². The number of ether oxygens (including phenoxy) is 2. The molecular formula is C26H36N4O5. The highest BCUT2D eigenvalue weighted by molar-refractivity contribution is 5.87. The number of aromatic carboxylic acids is 1. The number of nitrogens with zero attached hydrogens (tertiary/aromatic N) is 4. The first-order valence-corrected chi connectivity index (χ1v) is 11.9. The van der Waals surface area contributed by atoms with Gasteiger partial charge in [-0.15, -0.1) is 0 Å². The largest absolute Gasteiger partial charge is 0.476 e. The second-order valence-corrected chi connectivity index (χ2v) is 10.1. The number of allylic oxidation sites excluding steroid dienone is 3. The van der Waals surface area contributed by atoms with E-state index >= 15 is 0 Å². The first-order chi connectivity index (χ1) is 16.4. The summed E-state index contributed by atoms with van der Waals surface area (Å²) in [6.45, 7) is 16.7. The van der Waals surface area contributed by atoms with Crippen LogP contribution in [-0.2, 0) is 14.3 Å². The molecule has 2 aromatic rings. The van der Waals surface area contributed by atoms with E-state index in [1.807, 2.05) is 26.8 Å². The van der Waals surface area contributed by atoms with Crippen molar-refractivity contribution in [3.63, 3.8) is 0 Å². The standard InChI is InChI=1S/C26H36N4O5/c1-8-10-11-26(7)12-14-29(15-13-26)22-20(21(24(33)34-9-2)35-25(4,5)6)17(3)27-19-16-18(23(31)32)28-30(19)22/h8,10-11,16,21H,1,9,12-15H2,2-7H3,(H,31,32)/t21-/m0/s1. The van der Waals surface area contributed by atoms with Crippen LogP contribution in [0.2, 0.25) is 0 Å². The zero-order valence-electron chi connectivity index (χ0n) is 21.5. The Balaban J connectivity index is 2.20. The second kappa shape index (κ2) is 10.2. The second-order valence-electron chi connectivity index (χ2n) is 10.1. The highest BCUT2D eigenvalue weighted by atomic mass is 16.6. The van der Waals surface area contributed by atoms with Crippen LogP contribution in [-0.4, -0.2) is 56.9 Å². The molecular weight excluding hydrogens is 448 g/mol. The molecule has 1 saturated heterocycles. The van der Waals surface area contributed by atoms with E-state index in [9.17, 15) is 14.7 Å². The topological polar surface area (TPSA) is 106 Å². The maximum Gasteiger partial charge on any atom is 0.356 e. The molecule has 0 aromatic carbocycles. The van der Waals surface area contributed by atoms with Crippen LogP contribution < -0.4 is 4.90 Å². The molecule has 190 valence electrons. The van der Waals surface area contributed by atoms with Gasteiger partial charge in [0, 0.05) is 24.8 Å². The van der Waals surface area contributed by atoms with Crippen molar-refractivity contribution in [2.75, 3.05) is 24.6 Å². The molecule has 1 atom stereocenters. The number of carbonyl (C=O) groups is 2. The fourth-order valence-corrected chi connectivity index (χ4v) is 4.32. The van der Waals surface area contributed by atoms with Crippen LogP contribution in [0.1, 0.15) is 75.3 Å². The van der Waals surface area contributed by atoms with Crippen molar-refractivity contribution in [1.29, 1.82) is 0 Å². The summed E-state index contributed by atoms with van der Waals surface area (Å²) in [6, 6.07) is 1.44. The number of carbonyl (C=O) groups excluding carboxylic acids is 1. The van der Waals surface area contributed by atoms with Gasteiger partial charge in [-0.25, -0.2) is 14.6 Å². The summed E-state index contributed by atoms with van der Waals surface area (Å²) in [7, 11) is 0. The molecule has 3 rings (SSSR count). The molecule has 2 aromatic heterocycles. The number of hydrogen-bond donors (Lipinski definition) is 1. The average Bonchev–Trinajstić information content (AvgIpc) is 3.20. The van der Waals surface area contributed by atoms with E-state index < -0.39 is 23.6 Å². The van der Waals surface area contributed by atoms with E-state index in [4.69, 9.17) is 9.47 Å². The fraction of sp³-hybridized carbons (Fsp3) is 0.538. The molecule has 3 heterocycles. The van der Waals surface area contributed by atoms with E-state index in [1.54, 1.807) is 19.9 Å². The number of rotatable bonds is 8. The lowest BCUT2D eigenvalue weighted by molar-refractivity contribution is -0.166. The van der Waals surface area contributed by atoms with Gasteiger partial charge in [0.05, 0.1) is 17.8 Å². The normalized spacial score (nSPS) is 17.0. The number of hydrogen-bond acceptors (Lipinski definition) is 7. The van der Waals surface area contributed by atoms with Crippen LogP contribution in [0.5, 0.6) is 0 Å². The third-order valence-electron chi connectivity index (χ3n) is 6.10. The van der Waals surface area contributed by atoms with Gasteiger partial charge in [-0.05, 0) is 52.9 Å². The molecule has 1 aliphatic rings. The van der Waals surface area contributed by atoms with Crippen molar-refractivity contribution >= 4 is 23.4 Å². The first kappa shape index (κ1) is 26.4. The number of anilines is 1. The summed E-state index contributed by atoms with van der Waals surface area (Å²) in [5, 5.41) is 13.9. The molecule has 9 heteroatoms. The lowest BCUT2D eigenvalue weighted by atomic mass is 9.80. The van der Waals surface area contributed by atoms with Gasteiger partial charge in [-0.1, -0.05) is 31.7 Å². The average molecular weight is 485 g/mol. The highest BCUT2D eigenvalue weighted by Crippen LogP contribution is 2.39. The van der Waals surface area contributed by atoms with Gasteiger partial charge in [-0.2, -0.15) is 9.61 Å². The summed E-state index contributed by atoms with van der Waals surface area (Å²) in [4.78, 5) is 31.6. The molecule has 0 aliphatic carbocycles. The Morgan fingerprint density at radius 2 is 1.97 bits per heavy atom. The minimum absolute atomic E-state index is 0.00480. The maximum absolute atomic E-state index is 13.1. The predicted octanol–water partition coefficient (Wildman–Crippen LogP) is 4.50. The Labute approximate surface area is 206 Å². The SMILES string of the molecule is C=CC=CC1(C)CCN(c2c([C@H](OC(C)(C)C)C(=O)OCC)c(C)nc3cc(C(=O)O)nn23)CC1. The van der Waals surface area contributed by atoms with Gasteiger partial charge in [0.2, 0.25) is 0 Å². The van der Waals surface area contributed by atoms with Crippen LogP contribution in [0.3, 0.4) is 0 Å². The Kier molecular flexibility index (Phi) is 7.69. The predicted molar refractivity (Wildman–Crippen MR) is 134 cm³/mol. The maximum atomic E-state index is 13.1. The summed E-state index contributed by atoms with van der Waals surface area (Å²) in [5.74, 6) is -1.05. The Morgan fingerprint density at radius 3 is 2.51 bits per heavy atom. The van der Waals surface area contributed by atoms with Crippen LogP contribution in [0.25, 0.3) is 5.65 Å². The molecule has 0 amide bonds. The van der Waals surface area contributed by atoms with Gasteiger partial charge in [0.1, 0.15) is 5.82 Å². The van der Waals surface area contributed by atoms with E-state index in [2.05, 4.69) is 34.6 Å². The number of fused-ring (bicyclic) bond motifs is 1. The molecule has 1 N–H and O–H groups in total. The van der Waals surface area contributed by atoms with E-state index in [-0.39, 0.29) is 17.7 Å². The third-order valence-corrected chi connectivity index (χ3v) is 6.10. The molecule has 0 spiro atoms. The first-order valence-electron chi connectivity index (χ1n) is 11.9. The van der Waals surface area contributed by atoms with Crippen LogP contribution in [0.4, 0.5) is 5.82 Å². The van der Waals surface area contributed by atoms with Gasteiger partial charge in [0.25, 0.3) is 0 Å². The summed E-state index contributed by atoms with van der Waals surface area (Å²) >= 11 is 0. The zero-order valence-corrected chi connectivity index (χ0v) is 21.5. The molecule has 9 nitrogen and oxygen atoms in total. The van der Waals surface area contributed by atoms with Crippen LogP contribution in [0, 0.1) is 12.3 Å². The number of carboxylic acid groups (broad SMARTS) is 1. The van der Waals surface area contributed by atoms with Crippen LogP contribution >= 0.6 is 0 Å².